The van der Waals surface area contributed by atoms with E-state index in [1.807, 2.05) is 60.7 Å². The van der Waals surface area contributed by atoms with Gasteiger partial charge in [-0.3, -0.25) is 14.4 Å². The molecule has 0 aromatic heterocycles. The Kier molecular flexibility index (Phi) is 8.70. The van der Waals surface area contributed by atoms with Gasteiger partial charge in [0.05, 0.1) is 17.9 Å². The van der Waals surface area contributed by atoms with Crippen LogP contribution < -0.4 is 20.1 Å². The summed E-state index contributed by atoms with van der Waals surface area (Å²) in [6.07, 6.45) is 1.07. The van der Waals surface area contributed by atoms with E-state index in [0.29, 0.717) is 11.1 Å². The lowest BCUT2D eigenvalue weighted by molar-refractivity contribution is 0.0520. The summed E-state index contributed by atoms with van der Waals surface area (Å²) in [5, 5.41) is 4.08. The molecule has 7 nitrogen and oxygen atoms in total. The van der Waals surface area contributed by atoms with Crippen LogP contribution in [0.1, 0.15) is 74.7 Å². The van der Waals surface area contributed by atoms with Crippen LogP contribution in [0.25, 0.3) is 0 Å². The Morgan fingerprint density at radius 2 is 1.36 bits per heavy atom. The predicted molar refractivity (Wildman–Crippen MR) is 176 cm³/mol. The van der Waals surface area contributed by atoms with Gasteiger partial charge in [-0.15, -0.1) is 0 Å². The number of benzene rings is 4. The van der Waals surface area contributed by atoms with Gasteiger partial charge >= 0.3 is 14.3 Å². The molecule has 5 rings (SSSR count). The van der Waals surface area contributed by atoms with Gasteiger partial charge in [-0.2, -0.15) is 0 Å². The van der Waals surface area contributed by atoms with Gasteiger partial charge in [-0.1, -0.05) is 99.6 Å². The van der Waals surface area contributed by atoms with Crippen molar-refractivity contribution >= 4 is 42.1 Å². The molecule has 45 heavy (non-hydrogen) atoms. The first-order chi connectivity index (χ1) is 21.5. The fourth-order valence-electron chi connectivity index (χ4n) is 5.86. The first kappa shape index (κ1) is 31.3. The van der Waals surface area contributed by atoms with Crippen molar-refractivity contribution in [3.63, 3.8) is 0 Å². The molecule has 0 bridgehead atoms. The van der Waals surface area contributed by atoms with E-state index in [1.165, 1.54) is 0 Å². The van der Waals surface area contributed by atoms with E-state index >= 15 is 0 Å². The van der Waals surface area contributed by atoms with E-state index in [2.05, 4.69) is 26.1 Å². The molecular formula is C37H35NO6Si. The summed E-state index contributed by atoms with van der Waals surface area (Å²) in [6.45, 7) is 9.79. The fraction of sp³-hybridized carbons (Fsp3) is 0.189. The van der Waals surface area contributed by atoms with Crippen LogP contribution >= 0.6 is 0 Å². The maximum Gasteiger partial charge on any atom is 0.342 e. The summed E-state index contributed by atoms with van der Waals surface area (Å²) < 4.78 is 12.7. The number of Topliss-reactive ketones (excluding diaryl/α,β-unsaturated/α-hetero) is 1. The highest BCUT2D eigenvalue weighted by Gasteiger charge is 2.53. The lowest BCUT2D eigenvalue weighted by atomic mass is 9.86. The van der Waals surface area contributed by atoms with Gasteiger partial charge in [0, 0.05) is 17.2 Å². The molecule has 228 valence electrons. The average molecular weight is 618 g/mol. The summed E-state index contributed by atoms with van der Waals surface area (Å²) in [6, 6.07) is 29.8. The number of carbonyl (C=O) groups is 4. The molecule has 4 aromatic rings. The second-order valence-corrected chi connectivity index (χ2v) is 16.1. The summed E-state index contributed by atoms with van der Waals surface area (Å²) in [5.41, 5.74) is 0.457. The number of nitrogens with one attached hydrogen (secondary N) is 1. The molecule has 0 fully saturated rings. The lowest BCUT2D eigenvalue weighted by Gasteiger charge is -2.43. The molecule has 4 aromatic carbocycles. The topological polar surface area (TPSA) is 98.8 Å². The minimum absolute atomic E-state index is 0.00112. The van der Waals surface area contributed by atoms with E-state index in [4.69, 9.17) is 9.16 Å². The number of allylic oxidation sites excluding steroid dienone is 2. The second kappa shape index (κ2) is 12.5. The molecule has 0 aliphatic heterocycles. The minimum Gasteiger partial charge on any atom is -0.533 e. The number of ether oxygens (including phenoxy) is 1. The van der Waals surface area contributed by atoms with Crippen molar-refractivity contribution in [1.29, 1.82) is 0 Å². The minimum atomic E-state index is -3.26. The van der Waals surface area contributed by atoms with Gasteiger partial charge in [0.15, 0.2) is 5.78 Å². The van der Waals surface area contributed by atoms with Crippen LogP contribution in [0.2, 0.25) is 5.04 Å². The van der Waals surface area contributed by atoms with Crippen molar-refractivity contribution in [3.05, 3.63) is 137 Å². The normalized spacial score (nSPS) is 13.0. The molecule has 0 unspecified atom stereocenters. The Balaban J connectivity index is 1.71. The Morgan fingerprint density at radius 1 is 0.822 bits per heavy atom. The number of carbonyl (C=O) groups excluding carboxylic acids is 4. The number of fused-ring (bicyclic) bond motifs is 1. The molecule has 1 aliphatic rings. The second-order valence-electron chi connectivity index (χ2n) is 11.9. The first-order valence-corrected chi connectivity index (χ1v) is 16.7. The number of ketones is 2. The lowest BCUT2D eigenvalue weighted by Crippen LogP contribution is -2.69. The number of hydrogen-bond donors (Lipinski definition) is 1. The van der Waals surface area contributed by atoms with Crippen molar-refractivity contribution in [1.82, 2.24) is 5.32 Å². The van der Waals surface area contributed by atoms with Gasteiger partial charge in [-0.25, -0.2) is 4.79 Å². The van der Waals surface area contributed by atoms with E-state index in [9.17, 15) is 19.2 Å². The van der Waals surface area contributed by atoms with E-state index in [0.717, 1.165) is 16.4 Å². The molecule has 0 spiro atoms. The molecule has 0 saturated heterocycles. The predicted octanol–water partition coefficient (Wildman–Crippen LogP) is 5.80. The third-order valence-corrected chi connectivity index (χ3v) is 12.8. The van der Waals surface area contributed by atoms with E-state index < -0.39 is 36.8 Å². The number of esters is 1. The van der Waals surface area contributed by atoms with E-state index in [-0.39, 0.29) is 34.7 Å². The van der Waals surface area contributed by atoms with Gasteiger partial charge in [0.1, 0.15) is 11.3 Å². The maximum atomic E-state index is 13.8. The summed E-state index contributed by atoms with van der Waals surface area (Å²) in [5.74, 6) is -2.28. The molecular weight excluding hydrogens is 582 g/mol. The summed E-state index contributed by atoms with van der Waals surface area (Å²) in [4.78, 5) is 54.2. The Hall–Kier alpha value is -5.08. The highest BCUT2D eigenvalue weighted by Crippen LogP contribution is 2.42. The zero-order valence-corrected chi connectivity index (χ0v) is 27.0. The van der Waals surface area contributed by atoms with Gasteiger partial charge in [-0.05, 0) is 53.0 Å². The van der Waals surface area contributed by atoms with Crippen molar-refractivity contribution < 1.29 is 28.3 Å². The largest absolute Gasteiger partial charge is 0.533 e. The molecule has 1 amide bonds. The van der Waals surface area contributed by atoms with Crippen LogP contribution in [0.15, 0.2) is 109 Å². The summed E-state index contributed by atoms with van der Waals surface area (Å²) >= 11 is 0. The highest BCUT2D eigenvalue weighted by molar-refractivity contribution is 7.00. The van der Waals surface area contributed by atoms with Crippen molar-refractivity contribution in [2.45, 2.75) is 39.7 Å². The average Bonchev–Trinajstić information content (AvgIpc) is 3.03. The molecule has 0 atom stereocenters. The zero-order valence-electron chi connectivity index (χ0n) is 26.0. The Bertz CT molecular complexity index is 1770. The maximum absolute atomic E-state index is 13.8. The Labute approximate surface area is 264 Å². The van der Waals surface area contributed by atoms with Gasteiger partial charge in [0.2, 0.25) is 5.78 Å². The van der Waals surface area contributed by atoms with Crippen molar-refractivity contribution in [2.75, 3.05) is 6.61 Å². The fourth-order valence-corrected chi connectivity index (χ4v) is 10.4. The molecule has 8 heteroatoms. The molecule has 1 N–H and O–H groups in total. The van der Waals surface area contributed by atoms with Crippen molar-refractivity contribution in [3.8, 4) is 5.75 Å². The van der Waals surface area contributed by atoms with Crippen LogP contribution in [-0.2, 0) is 4.74 Å². The highest BCUT2D eigenvalue weighted by atomic mass is 28.4. The van der Waals surface area contributed by atoms with Gasteiger partial charge < -0.3 is 14.5 Å². The first-order valence-electron chi connectivity index (χ1n) is 14.8. The number of hydrogen-bond acceptors (Lipinski definition) is 6. The standard InChI is InChI=1S/C37H35NO6Si/c1-6-43-36(42)32-31-28(33(40)29(23-30(31)39)38-35(41)25-16-10-7-11-17-25)22-24(2)34(32)44-45(37(3,4)5,26-18-12-8-13-19-26)27-20-14-9-15-21-27/h7-23H,6H2,1-5H3,(H,38,41). The van der Waals surface area contributed by atoms with Crippen LogP contribution in [0.3, 0.4) is 0 Å². The smallest absolute Gasteiger partial charge is 0.342 e. The van der Waals surface area contributed by atoms with Crippen LogP contribution in [0.4, 0.5) is 0 Å². The SMILES string of the molecule is CCOC(=O)c1c(O[Si](c2ccccc2)(c2ccccc2)C(C)(C)C)c(C)cc2c1C(=O)C=C(NC(=O)c1ccccc1)C2=O. The van der Waals surface area contributed by atoms with Crippen molar-refractivity contribution in [2.24, 2.45) is 0 Å². The third-order valence-electron chi connectivity index (χ3n) is 7.91. The quantitative estimate of drug-likeness (QED) is 0.198. The Morgan fingerprint density at radius 3 is 1.87 bits per heavy atom. The monoisotopic (exact) mass is 617 g/mol. The van der Waals surface area contributed by atoms with Crippen LogP contribution in [-0.4, -0.2) is 38.4 Å². The molecule has 0 heterocycles. The third kappa shape index (κ3) is 5.76. The van der Waals surface area contributed by atoms with Crippen LogP contribution in [0, 0.1) is 6.92 Å². The molecule has 0 radical (unpaired) electrons. The number of aryl methyl sites for hydroxylation is 1. The van der Waals surface area contributed by atoms with Gasteiger partial charge in [0.25, 0.3) is 5.91 Å². The van der Waals surface area contributed by atoms with Crippen LogP contribution in [0.5, 0.6) is 5.75 Å². The number of amides is 1. The van der Waals surface area contributed by atoms with E-state index in [1.54, 1.807) is 50.2 Å². The zero-order chi connectivity index (χ0) is 32.4. The molecule has 0 saturated carbocycles. The molecule has 1 aliphatic carbocycles. The number of rotatable bonds is 8. The summed E-state index contributed by atoms with van der Waals surface area (Å²) in [7, 11) is -3.26.